The van der Waals surface area contributed by atoms with Crippen molar-refractivity contribution in [3.05, 3.63) is 0 Å². The molecular weight excluding hydrogens is 236 g/mol. The largest absolute Gasteiger partial charge is 0.466 e. The maximum Gasteiger partial charge on any atom is 0.305 e. The van der Waals surface area contributed by atoms with Crippen molar-refractivity contribution in [1.82, 2.24) is 0 Å². The summed E-state index contributed by atoms with van der Waals surface area (Å²) in [4.78, 5) is 10.9. The Kier molecular flexibility index (Phi) is 9.84. The lowest BCUT2D eigenvalue weighted by molar-refractivity contribution is -0.143. The molecule has 1 aliphatic rings. The van der Waals surface area contributed by atoms with Crippen molar-refractivity contribution in [3.63, 3.8) is 0 Å². The van der Waals surface area contributed by atoms with Gasteiger partial charge in [0, 0.05) is 6.42 Å². The Morgan fingerprint density at radius 3 is 1.95 bits per heavy atom. The van der Waals surface area contributed by atoms with Crippen LogP contribution in [0, 0.1) is 5.92 Å². The topological polar surface area (TPSA) is 26.3 Å². The highest BCUT2D eigenvalue weighted by molar-refractivity contribution is 5.68. The number of unbranched alkanes of at least 4 members (excludes halogenated alkanes) is 8. The van der Waals surface area contributed by atoms with Crippen molar-refractivity contribution in [1.29, 1.82) is 0 Å². The smallest absolute Gasteiger partial charge is 0.305 e. The van der Waals surface area contributed by atoms with Gasteiger partial charge in [0.2, 0.25) is 0 Å². The first-order chi connectivity index (χ1) is 9.33. The Hall–Kier alpha value is -0.530. The maximum atomic E-state index is 10.9. The summed E-state index contributed by atoms with van der Waals surface area (Å²) in [5.74, 6) is 1.05. The standard InChI is InChI=1S/C17H32O2/c1-2-17(18)19-15-11-9-7-5-3-4-6-8-10-12-16-13-14-16/h16H,2-15H2,1H3. The van der Waals surface area contributed by atoms with Gasteiger partial charge in [0.1, 0.15) is 0 Å². The summed E-state index contributed by atoms with van der Waals surface area (Å²) in [6.07, 6.45) is 17.0. The van der Waals surface area contributed by atoms with Crippen LogP contribution in [0.2, 0.25) is 0 Å². The molecule has 1 saturated carbocycles. The molecule has 0 heterocycles. The second-order valence-corrected chi connectivity index (χ2v) is 5.99. The van der Waals surface area contributed by atoms with Crippen LogP contribution in [0.1, 0.15) is 90.4 Å². The minimum Gasteiger partial charge on any atom is -0.466 e. The summed E-state index contributed by atoms with van der Waals surface area (Å²) < 4.78 is 5.05. The second kappa shape index (κ2) is 11.3. The van der Waals surface area contributed by atoms with Crippen molar-refractivity contribution in [2.24, 2.45) is 5.92 Å². The monoisotopic (exact) mass is 268 g/mol. The molecule has 1 fully saturated rings. The molecule has 0 unspecified atom stereocenters. The fourth-order valence-corrected chi connectivity index (χ4v) is 2.47. The van der Waals surface area contributed by atoms with Gasteiger partial charge in [-0.05, 0) is 12.3 Å². The van der Waals surface area contributed by atoms with Crippen LogP contribution >= 0.6 is 0 Å². The molecule has 2 heteroatoms. The van der Waals surface area contributed by atoms with Crippen LogP contribution < -0.4 is 0 Å². The predicted molar refractivity (Wildman–Crippen MR) is 80.1 cm³/mol. The van der Waals surface area contributed by atoms with Gasteiger partial charge in [-0.3, -0.25) is 4.79 Å². The highest BCUT2D eigenvalue weighted by atomic mass is 16.5. The molecule has 0 aromatic heterocycles. The van der Waals surface area contributed by atoms with Gasteiger partial charge in [-0.15, -0.1) is 0 Å². The zero-order valence-corrected chi connectivity index (χ0v) is 12.8. The molecule has 0 aliphatic heterocycles. The lowest BCUT2D eigenvalue weighted by Gasteiger charge is -2.04. The van der Waals surface area contributed by atoms with Crippen LogP contribution in [0.15, 0.2) is 0 Å². The van der Waals surface area contributed by atoms with E-state index in [0.29, 0.717) is 13.0 Å². The van der Waals surface area contributed by atoms with Crippen molar-refractivity contribution in [3.8, 4) is 0 Å². The third kappa shape index (κ3) is 11.0. The Morgan fingerprint density at radius 1 is 0.895 bits per heavy atom. The molecule has 19 heavy (non-hydrogen) atoms. The van der Waals surface area contributed by atoms with E-state index in [2.05, 4.69) is 0 Å². The minimum absolute atomic E-state index is 0.0637. The average Bonchev–Trinajstić information content (AvgIpc) is 3.23. The van der Waals surface area contributed by atoms with Crippen molar-refractivity contribution >= 4 is 5.97 Å². The molecule has 0 saturated heterocycles. The van der Waals surface area contributed by atoms with E-state index in [1.54, 1.807) is 0 Å². The fourth-order valence-electron chi connectivity index (χ4n) is 2.47. The van der Waals surface area contributed by atoms with Crippen LogP contribution in [-0.4, -0.2) is 12.6 Å². The summed E-state index contributed by atoms with van der Waals surface area (Å²) >= 11 is 0. The molecule has 112 valence electrons. The second-order valence-electron chi connectivity index (χ2n) is 5.99. The Labute approximate surface area is 119 Å². The number of carbonyl (C=O) groups is 1. The summed E-state index contributed by atoms with van der Waals surface area (Å²) in [7, 11) is 0. The van der Waals surface area contributed by atoms with E-state index in [1.807, 2.05) is 6.92 Å². The normalized spacial score (nSPS) is 14.6. The summed E-state index contributed by atoms with van der Waals surface area (Å²) in [5.41, 5.74) is 0. The van der Waals surface area contributed by atoms with E-state index in [-0.39, 0.29) is 5.97 Å². The number of rotatable bonds is 13. The highest BCUT2D eigenvalue weighted by Gasteiger charge is 2.19. The molecule has 1 rings (SSSR count). The van der Waals surface area contributed by atoms with Gasteiger partial charge in [0.05, 0.1) is 6.61 Å². The minimum atomic E-state index is -0.0637. The first-order valence-electron chi connectivity index (χ1n) is 8.48. The molecule has 1 aliphatic carbocycles. The van der Waals surface area contributed by atoms with Gasteiger partial charge in [-0.2, -0.15) is 0 Å². The van der Waals surface area contributed by atoms with E-state index >= 15 is 0 Å². The van der Waals surface area contributed by atoms with E-state index in [9.17, 15) is 4.79 Å². The van der Waals surface area contributed by atoms with E-state index < -0.39 is 0 Å². The van der Waals surface area contributed by atoms with Gasteiger partial charge in [0.15, 0.2) is 0 Å². The molecule has 2 nitrogen and oxygen atoms in total. The summed E-state index contributed by atoms with van der Waals surface area (Å²) in [6.45, 7) is 2.46. The Balaban J connectivity index is 1.65. The SMILES string of the molecule is CCC(=O)OCCCCCCCCCCCC1CC1. The van der Waals surface area contributed by atoms with E-state index in [4.69, 9.17) is 4.74 Å². The van der Waals surface area contributed by atoms with Gasteiger partial charge < -0.3 is 4.74 Å². The van der Waals surface area contributed by atoms with Gasteiger partial charge in [-0.1, -0.05) is 77.6 Å². The highest BCUT2D eigenvalue weighted by Crippen LogP contribution is 2.34. The number of esters is 1. The van der Waals surface area contributed by atoms with Gasteiger partial charge >= 0.3 is 5.97 Å². The predicted octanol–water partition coefficient (Wildman–Crippen LogP) is 5.25. The number of ether oxygens (including phenoxy) is 1. The Morgan fingerprint density at radius 2 is 1.42 bits per heavy atom. The third-order valence-electron chi connectivity index (χ3n) is 4.01. The lowest BCUT2D eigenvalue weighted by atomic mass is 10.1. The molecule has 0 amide bonds. The van der Waals surface area contributed by atoms with Gasteiger partial charge in [0.25, 0.3) is 0 Å². The quantitative estimate of drug-likeness (QED) is 0.337. The average molecular weight is 268 g/mol. The number of carbonyl (C=O) groups excluding carboxylic acids is 1. The van der Waals surface area contributed by atoms with Crippen molar-refractivity contribution in [2.45, 2.75) is 90.4 Å². The van der Waals surface area contributed by atoms with Crippen LogP contribution in [0.25, 0.3) is 0 Å². The van der Waals surface area contributed by atoms with Crippen LogP contribution in [0.4, 0.5) is 0 Å². The van der Waals surface area contributed by atoms with E-state index in [1.165, 1.54) is 70.6 Å². The zero-order chi connectivity index (χ0) is 13.8. The lowest BCUT2D eigenvalue weighted by Crippen LogP contribution is -2.03. The molecule has 0 spiro atoms. The first kappa shape index (κ1) is 16.5. The number of hydrogen-bond donors (Lipinski definition) is 0. The molecule has 0 atom stereocenters. The van der Waals surface area contributed by atoms with Gasteiger partial charge in [-0.25, -0.2) is 0 Å². The molecular formula is C17H32O2. The number of hydrogen-bond acceptors (Lipinski definition) is 2. The zero-order valence-electron chi connectivity index (χ0n) is 12.8. The van der Waals surface area contributed by atoms with Crippen molar-refractivity contribution in [2.75, 3.05) is 6.61 Å². The Bertz CT molecular complexity index is 221. The van der Waals surface area contributed by atoms with Crippen LogP contribution in [0.5, 0.6) is 0 Å². The summed E-state index contributed by atoms with van der Waals surface area (Å²) in [6, 6.07) is 0. The van der Waals surface area contributed by atoms with Crippen LogP contribution in [0.3, 0.4) is 0 Å². The maximum absolute atomic E-state index is 10.9. The fraction of sp³-hybridized carbons (Fsp3) is 0.941. The molecule has 0 radical (unpaired) electrons. The molecule has 0 N–H and O–H groups in total. The third-order valence-corrected chi connectivity index (χ3v) is 4.01. The molecule has 0 aromatic rings. The first-order valence-corrected chi connectivity index (χ1v) is 8.48. The molecule has 0 aromatic carbocycles. The van der Waals surface area contributed by atoms with E-state index in [0.717, 1.165) is 12.3 Å². The van der Waals surface area contributed by atoms with Crippen LogP contribution in [-0.2, 0) is 9.53 Å². The van der Waals surface area contributed by atoms with Crippen molar-refractivity contribution < 1.29 is 9.53 Å². The summed E-state index contributed by atoms with van der Waals surface area (Å²) in [5, 5.41) is 0. The molecule has 0 bridgehead atoms.